The summed E-state index contributed by atoms with van der Waals surface area (Å²) in [4.78, 5) is 12.2. The fraction of sp³-hybridized carbons (Fsp3) is 0.533. The van der Waals surface area contributed by atoms with Crippen molar-refractivity contribution in [2.45, 2.75) is 25.7 Å². The van der Waals surface area contributed by atoms with E-state index in [1.807, 2.05) is 18.2 Å². The van der Waals surface area contributed by atoms with Crippen LogP contribution in [0.1, 0.15) is 36.0 Å². The molecule has 0 atom stereocenters. The zero-order chi connectivity index (χ0) is 13.4. The Morgan fingerprint density at radius 1 is 1.21 bits per heavy atom. The van der Waals surface area contributed by atoms with E-state index < -0.39 is 0 Å². The minimum absolute atomic E-state index is 0.0330. The molecule has 2 aliphatic carbocycles. The quantitative estimate of drug-likeness (QED) is 0.799. The van der Waals surface area contributed by atoms with Gasteiger partial charge in [-0.1, -0.05) is 15.9 Å². The number of nitrogens with one attached hydrogen (secondary N) is 1. The number of benzene rings is 1. The summed E-state index contributed by atoms with van der Waals surface area (Å²) in [5.74, 6) is 2.51. The van der Waals surface area contributed by atoms with Gasteiger partial charge in [-0.05, 0) is 77.6 Å². The molecule has 1 N–H and O–H groups in total. The predicted molar refractivity (Wildman–Crippen MR) is 83.1 cm³/mol. The van der Waals surface area contributed by atoms with Crippen molar-refractivity contribution in [1.29, 1.82) is 0 Å². The molecule has 1 amide bonds. The van der Waals surface area contributed by atoms with Gasteiger partial charge in [0.2, 0.25) is 0 Å². The van der Waals surface area contributed by atoms with Crippen molar-refractivity contribution in [1.82, 2.24) is 5.32 Å². The van der Waals surface area contributed by atoms with Crippen LogP contribution in [0.25, 0.3) is 0 Å². The average molecular weight is 387 g/mol. The summed E-state index contributed by atoms with van der Waals surface area (Å²) in [7, 11) is 0. The molecule has 4 heteroatoms. The van der Waals surface area contributed by atoms with Gasteiger partial charge < -0.3 is 5.32 Å². The third-order valence-corrected chi connectivity index (χ3v) is 5.28. The van der Waals surface area contributed by atoms with Crippen LogP contribution in [-0.4, -0.2) is 12.5 Å². The van der Waals surface area contributed by atoms with Gasteiger partial charge in [0, 0.05) is 15.5 Å². The first-order valence-electron chi connectivity index (χ1n) is 6.88. The fourth-order valence-corrected chi connectivity index (χ4v) is 3.97. The van der Waals surface area contributed by atoms with E-state index in [0.29, 0.717) is 5.56 Å². The Hall–Kier alpha value is -0.350. The van der Waals surface area contributed by atoms with Crippen molar-refractivity contribution in [2.24, 2.45) is 17.8 Å². The van der Waals surface area contributed by atoms with Crippen molar-refractivity contribution in [2.75, 3.05) is 6.54 Å². The Labute approximate surface area is 130 Å². The first-order valence-corrected chi connectivity index (χ1v) is 8.47. The first-order chi connectivity index (χ1) is 9.15. The van der Waals surface area contributed by atoms with Gasteiger partial charge in [-0.3, -0.25) is 4.79 Å². The number of rotatable bonds is 5. The van der Waals surface area contributed by atoms with Crippen LogP contribution in [0.3, 0.4) is 0 Å². The second-order valence-corrected chi connectivity index (χ2v) is 7.44. The Morgan fingerprint density at radius 2 is 1.84 bits per heavy atom. The minimum Gasteiger partial charge on any atom is -0.352 e. The molecule has 19 heavy (non-hydrogen) atoms. The van der Waals surface area contributed by atoms with Gasteiger partial charge in [-0.15, -0.1) is 0 Å². The highest BCUT2D eigenvalue weighted by atomic mass is 79.9. The number of hydrogen-bond donors (Lipinski definition) is 1. The van der Waals surface area contributed by atoms with Gasteiger partial charge in [0.1, 0.15) is 0 Å². The first kappa shape index (κ1) is 13.6. The molecule has 0 aromatic heterocycles. The molecular formula is C15H17Br2NO. The van der Waals surface area contributed by atoms with Gasteiger partial charge >= 0.3 is 0 Å². The monoisotopic (exact) mass is 385 g/mol. The summed E-state index contributed by atoms with van der Waals surface area (Å²) in [6.07, 6.45) is 5.44. The normalized spacial score (nSPS) is 18.7. The second kappa shape index (κ2) is 5.57. The van der Waals surface area contributed by atoms with E-state index in [9.17, 15) is 4.79 Å². The molecule has 0 aliphatic heterocycles. The Balaban J connectivity index is 1.61. The lowest BCUT2D eigenvalue weighted by molar-refractivity contribution is 0.0942. The average Bonchev–Trinajstić information content (AvgIpc) is 3.23. The van der Waals surface area contributed by atoms with E-state index in [1.54, 1.807) is 0 Å². The summed E-state index contributed by atoms with van der Waals surface area (Å²) in [6.45, 7) is 0.844. The molecule has 0 saturated heterocycles. The summed E-state index contributed by atoms with van der Waals surface area (Å²) < 4.78 is 1.82. The molecule has 0 heterocycles. The topological polar surface area (TPSA) is 29.1 Å². The molecule has 0 spiro atoms. The van der Waals surface area contributed by atoms with Crippen LogP contribution in [0.2, 0.25) is 0 Å². The number of carbonyl (C=O) groups excluding carboxylic acids is 1. The lowest BCUT2D eigenvalue weighted by Gasteiger charge is -2.16. The molecule has 1 aromatic carbocycles. The third-order valence-electron chi connectivity index (χ3n) is 4.13. The van der Waals surface area contributed by atoms with Crippen molar-refractivity contribution in [3.05, 3.63) is 32.7 Å². The molecular weight excluding hydrogens is 370 g/mol. The SMILES string of the molecule is O=C(NCC(C1CC1)C1CC1)c1ccc(Br)cc1Br. The van der Waals surface area contributed by atoms with Crippen molar-refractivity contribution in [3.63, 3.8) is 0 Å². The van der Waals surface area contributed by atoms with Crippen LogP contribution in [0, 0.1) is 17.8 Å². The highest BCUT2D eigenvalue weighted by Crippen LogP contribution is 2.48. The standard InChI is InChI=1S/C15H17Br2NO/c16-11-5-6-12(14(17)7-11)15(19)18-8-13(9-1-2-9)10-3-4-10/h5-7,9-10,13H,1-4,8H2,(H,18,19). The summed E-state index contributed by atoms with van der Waals surface area (Å²) >= 11 is 6.85. The maximum Gasteiger partial charge on any atom is 0.252 e. The molecule has 0 radical (unpaired) electrons. The summed E-state index contributed by atoms with van der Waals surface area (Å²) in [6, 6.07) is 5.67. The lowest BCUT2D eigenvalue weighted by Crippen LogP contribution is -2.31. The molecule has 0 bridgehead atoms. The fourth-order valence-electron chi connectivity index (χ4n) is 2.75. The smallest absolute Gasteiger partial charge is 0.252 e. The number of amides is 1. The van der Waals surface area contributed by atoms with Crippen LogP contribution >= 0.6 is 31.9 Å². The Bertz CT molecular complexity index is 483. The molecule has 2 aliphatic rings. The Morgan fingerprint density at radius 3 is 2.37 bits per heavy atom. The van der Waals surface area contributed by atoms with Crippen LogP contribution in [0.5, 0.6) is 0 Å². The van der Waals surface area contributed by atoms with Crippen LogP contribution in [0.4, 0.5) is 0 Å². The van der Waals surface area contributed by atoms with E-state index >= 15 is 0 Å². The van der Waals surface area contributed by atoms with E-state index in [4.69, 9.17) is 0 Å². The summed E-state index contributed by atoms with van der Waals surface area (Å²) in [5, 5.41) is 3.12. The zero-order valence-electron chi connectivity index (χ0n) is 10.7. The second-order valence-electron chi connectivity index (χ2n) is 5.67. The molecule has 2 nitrogen and oxygen atoms in total. The van der Waals surface area contributed by atoms with Crippen molar-refractivity contribution < 1.29 is 4.79 Å². The molecule has 0 unspecified atom stereocenters. The van der Waals surface area contributed by atoms with E-state index in [-0.39, 0.29) is 5.91 Å². The van der Waals surface area contributed by atoms with Crippen molar-refractivity contribution in [3.8, 4) is 0 Å². The van der Waals surface area contributed by atoms with E-state index in [1.165, 1.54) is 25.7 Å². The van der Waals surface area contributed by atoms with Gasteiger partial charge in [-0.2, -0.15) is 0 Å². The van der Waals surface area contributed by atoms with E-state index in [2.05, 4.69) is 37.2 Å². The number of halogens is 2. The number of hydrogen-bond acceptors (Lipinski definition) is 1. The van der Waals surface area contributed by atoms with Crippen LogP contribution < -0.4 is 5.32 Å². The number of carbonyl (C=O) groups is 1. The van der Waals surface area contributed by atoms with Gasteiger partial charge in [0.15, 0.2) is 0 Å². The highest BCUT2D eigenvalue weighted by molar-refractivity contribution is 9.11. The third kappa shape index (κ3) is 3.40. The molecule has 2 fully saturated rings. The van der Waals surface area contributed by atoms with Gasteiger partial charge in [0.25, 0.3) is 5.91 Å². The predicted octanol–water partition coefficient (Wildman–Crippen LogP) is 4.38. The van der Waals surface area contributed by atoms with Crippen LogP contribution in [-0.2, 0) is 0 Å². The van der Waals surface area contributed by atoms with Gasteiger partial charge in [0.05, 0.1) is 5.56 Å². The Kier molecular flexibility index (Phi) is 3.99. The maximum absolute atomic E-state index is 12.2. The van der Waals surface area contributed by atoms with Gasteiger partial charge in [-0.25, -0.2) is 0 Å². The summed E-state index contributed by atoms with van der Waals surface area (Å²) in [5.41, 5.74) is 0.716. The van der Waals surface area contributed by atoms with Crippen LogP contribution in [0.15, 0.2) is 27.1 Å². The zero-order valence-corrected chi connectivity index (χ0v) is 13.8. The molecule has 2 saturated carbocycles. The molecule has 102 valence electrons. The van der Waals surface area contributed by atoms with E-state index in [0.717, 1.165) is 33.2 Å². The van der Waals surface area contributed by atoms with Crippen molar-refractivity contribution >= 4 is 37.8 Å². The maximum atomic E-state index is 12.2. The molecule has 3 rings (SSSR count). The highest BCUT2D eigenvalue weighted by Gasteiger charge is 2.41. The largest absolute Gasteiger partial charge is 0.352 e. The minimum atomic E-state index is 0.0330. The molecule has 1 aromatic rings. The lowest BCUT2D eigenvalue weighted by atomic mass is 9.98.